The second-order valence-corrected chi connectivity index (χ2v) is 37.5. The maximum absolute atomic E-state index is 12.8. The van der Waals surface area contributed by atoms with Crippen LogP contribution in [0.4, 0.5) is 43.4 Å². The number of aromatic nitrogens is 6. The Balaban J connectivity index is 0.000000171. The summed E-state index contributed by atoms with van der Waals surface area (Å²) < 4.78 is 90.9. The number of benzene rings is 12. The van der Waals surface area contributed by atoms with Crippen molar-refractivity contribution in [3.05, 3.63) is 319 Å². The number of hydrogen-bond donors (Lipinski definition) is 9. The Labute approximate surface area is 851 Å². The number of nitrogens with one attached hydrogen (secondary N) is 3. The second-order valence-electron chi connectivity index (χ2n) is 35.8. The third kappa shape index (κ3) is 29.3. The molecule has 3 aromatic heterocycles. The molecule has 15 aromatic rings. The summed E-state index contributed by atoms with van der Waals surface area (Å²) in [5, 5.41) is 71.9. The molecule has 0 amide bonds. The van der Waals surface area contributed by atoms with Crippen LogP contribution in [-0.2, 0) is 47.1 Å². The number of anilines is 3. The lowest BCUT2D eigenvalue weighted by atomic mass is 9.89. The van der Waals surface area contributed by atoms with Gasteiger partial charge in [0, 0.05) is 143 Å². The Morgan fingerprint density at radius 3 is 1.09 bits per heavy atom. The fourth-order valence-electron chi connectivity index (χ4n) is 18.4. The molecule has 3 unspecified atom stereocenters. The predicted octanol–water partition coefficient (Wildman–Crippen LogP) is 22.0. The first kappa shape index (κ1) is 107. The van der Waals surface area contributed by atoms with Crippen LogP contribution in [0.3, 0.4) is 0 Å². The summed E-state index contributed by atoms with van der Waals surface area (Å²) in [5.41, 5.74) is 17.3. The molecule has 3 heterocycles. The molecule has 0 bridgehead atoms. The van der Waals surface area contributed by atoms with Crippen molar-refractivity contribution in [2.24, 2.45) is 5.92 Å². The van der Waals surface area contributed by atoms with Crippen molar-refractivity contribution in [2.45, 2.75) is 136 Å². The lowest BCUT2D eigenvalue weighted by molar-refractivity contribution is -0.275. The number of carbonyl (C=O) groups is 3. The quantitative estimate of drug-likeness (QED) is 0.0160. The molecule has 144 heavy (non-hydrogen) atoms. The summed E-state index contributed by atoms with van der Waals surface area (Å²) >= 11 is 24.9. The van der Waals surface area contributed by atoms with Gasteiger partial charge in [-0.05, 0) is 259 Å². The average molecular weight is 2050 g/mol. The number of hydrogen-bond acceptors (Lipinski definition) is 20. The summed E-state index contributed by atoms with van der Waals surface area (Å²) in [5.74, 6) is 2.31. The number of aliphatic hydroxyl groups excluding tert-OH is 6. The molecule has 12 aromatic carbocycles. The van der Waals surface area contributed by atoms with E-state index in [4.69, 9.17) is 61.4 Å². The number of fused-ring (bicyclic) bond motifs is 4. The van der Waals surface area contributed by atoms with E-state index in [2.05, 4.69) is 54.3 Å². The third-order valence-corrected chi connectivity index (χ3v) is 26.8. The van der Waals surface area contributed by atoms with Crippen LogP contribution in [0.25, 0.3) is 78.0 Å². The lowest BCUT2D eigenvalue weighted by Crippen LogP contribution is -2.29. The summed E-state index contributed by atoms with van der Waals surface area (Å²) in [6.45, 7) is 9.92. The molecular formula is C111H116Cl4F6N12O11. The number of Topliss-reactive ketones (excluding diaryl/α,β-unsaturated/α-hetero) is 3. The number of carbonyl (C=O) groups excluding carboxylic acids is 3. The summed E-state index contributed by atoms with van der Waals surface area (Å²) in [6.07, 6.45) is -2.41. The van der Waals surface area contributed by atoms with Gasteiger partial charge in [-0.25, -0.2) is 15.0 Å². The third-order valence-electron chi connectivity index (χ3n) is 25.3. The molecule has 23 nitrogen and oxygen atoms in total. The highest BCUT2D eigenvalue weighted by atomic mass is 35.5. The normalized spacial score (nSPS) is 13.0. The Kier molecular flexibility index (Phi) is 38.0. The molecule has 0 spiro atoms. The standard InChI is InChI=1S/C40H39F3N4O4.C36H43F3N4O4.C35H34Cl4N4O3/c1-27(50)23-36(44-25-32-7-4-6-29-5-2-3-8-35(29)32)31-13-18-38-37(24-31)45-39(30-11-14-33(15-12-30)46(19-21-48)20-22-49)47(38)26-28-9-16-34(17-10-28)51-40(41,42)43;1-25(46)21-32(40-23-26-5-3-2-4-6-26)29-11-16-34-33(22-29)41-35(28-9-12-30(13-10-28)42(17-19-44)18-20-45)43(34)24-27-7-14-31(15-8-27)47-36(37,38)39;1-22(46)16-32(40-20-23-2-9-28(36)30(38)17-23)26-6-11-34-33(19-26)41-35(43(34)21-24-3-10-29(37)31(39)18-24)25-4-7-27(8-5-25)42(12-14-44)13-15-45/h2-18,24,36,44,48-49H,19-23,25-26H2,1H3;7-16,22,26,32,40,44-45H,2-6,17-21,23-24H2,1H3;2-11,17-19,32,40,44-45H,12-16,20-21H2,1H3. The largest absolute Gasteiger partial charge is 0.573 e. The molecule has 0 saturated heterocycles. The molecule has 1 aliphatic rings. The number of ketones is 3. The van der Waals surface area contributed by atoms with Crippen LogP contribution in [0.5, 0.6) is 11.5 Å². The topological polar surface area (TPSA) is 290 Å². The maximum Gasteiger partial charge on any atom is 0.573 e. The van der Waals surface area contributed by atoms with Crippen LogP contribution in [0, 0.1) is 5.92 Å². The van der Waals surface area contributed by atoms with Crippen LogP contribution < -0.4 is 40.1 Å². The van der Waals surface area contributed by atoms with Gasteiger partial charge in [0.25, 0.3) is 0 Å². The zero-order valence-electron chi connectivity index (χ0n) is 80.0. The van der Waals surface area contributed by atoms with Crippen molar-refractivity contribution < 1.29 is 80.8 Å². The van der Waals surface area contributed by atoms with E-state index < -0.39 is 12.7 Å². The molecule has 756 valence electrons. The van der Waals surface area contributed by atoms with Crippen LogP contribution in [0.15, 0.2) is 255 Å². The highest BCUT2D eigenvalue weighted by molar-refractivity contribution is 6.42. The number of ether oxygens (including phenoxy) is 2. The van der Waals surface area contributed by atoms with Crippen molar-refractivity contribution in [2.75, 3.05) is 100 Å². The minimum Gasteiger partial charge on any atom is -0.406 e. The number of imidazole rings is 3. The van der Waals surface area contributed by atoms with E-state index in [0.29, 0.717) is 128 Å². The van der Waals surface area contributed by atoms with Crippen LogP contribution in [0.1, 0.15) is 135 Å². The van der Waals surface area contributed by atoms with Gasteiger partial charge in [0.05, 0.1) is 92.8 Å². The monoisotopic (exact) mass is 2050 g/mol. The van der Waals surface area contributed by atoms with E-state index >= 15 is 0 Å². The Morgan fingerprint density at radius 1 is 0.382 bits per heavy atom. The van der Waals surface area contributed by atoms with Gasteiger partial charge in [-0.1, -0.05) is 163 Å². The van der Waals surface area contributed by atoms with E-state index in [9.17, 15) is 71.4 Å². The Bertz CT molecular complexity index is 6790. The zero-order chi connectivity index (χ0) is 102. The molecule has 16 rings (SSSR count). The average Bonchev–Trinajstić information content (AvgIpc) is 1.63. The minimum atomic E-state index is -4.78. The number of aliphatic hydroxyl groups is 6. The minimum absolute atomic E-state index is 0.0174. The molecule has 9 N–H and O–H groups in total. The fourth-order valence-corrected chi connectivity index (χ4v) is 19.0. The van der Waals surface area contributed by atoms with E-state index in [0.717, 1.165) is 129 Å². The number of nitrogens with zero attached hydrogens (tertiary/aromatic N) is 9. The number of halogens is 10. The van der Waals surface area contributed by atoms with Gasteiger partial charge in [-0.2, -0.15) is 0 Å². The van der Waals surface area contributed by atoms with E-state index in [1.165, 1.54) is 56.4 Å². The molecule has 1 aliphatic carbocycles. The smallest absolute Gasteiger partial charge is 0.406 e. The van der Waals surface area contributed by atoms with Crippen molar-refractivity contribution in [1.29, 1.82) is 0 Å². The van der Waals surface area contributed by atoms with Gasteiger partial charge in [-0.15, -0.1) is 26.3 Å². The van der Waals surface area contributed by atoms with E-state index in [1.807, 2.05) is 194 Å². The molecular weight excluding hydrogens is 1930 g/mol. The highest BCUT2D eigenvalue weighted by Crippen LogP contribution is 2.39. The van der Waals surface area contributed by atoms with Crippen LogP contribution in [-0.4, -0.2) is 175 Å². The molecule has 0 aliphatic heterocycles. The predicted molar refractivity (Wildman–Crippen MR) is 557 cm³/mol. The molecule has 1 saturated carbocycles. The van der Waals surface area contributed by atoms with Gasteiger partial charge in [0.2, 0.25) is 0 Å². The van der Waals surface area contributed by atoms with Crippen molar-refractivity contribution >= 4 is 125 Å². The van der Waals surface area contributed by atoms with Gasteiger partial charge in [0.1, 0.15) is 46.3 Å². The Morgan fingerprint density at radius 2 is 0.722 bits per heavy atom. The second kappa shape index (κ2) is 51.0. The van der Waals surface area contributed by atoms with E-state index in [1.54, 1.807) is 57.2 Å². The van der Waals surface area contributed by atoms with Gasteiger partial charge in [0.15, 0.2) is 0 Å². The van der Waals surface area contributed by atoms with Gasteiger partial charge in [-0.3, -0.25) is 14.4 Å². The molecule has 33 heteroatoms. The van der Waals surface area contributed by atoms with Crippen molar-refractivity contribution in [3.8, 4) is 45.7 Å². The van der Waals surface area contributed by atoms with E-state index in [-0.39, 0.29) is 93.0 Å². The zero-order valence-corrected chi connectivity index (χ0v) is 83.0. The van der Waals surface area contributed by atoms with Crippen LogP contribution >= 0.6 is 46.4 Å². The number of rotatable bonds is 44. The van der Waals surface area contributed by atoms with Crippen molar-refractivity contribution in [1.82, 2.24) is 44.6 Å². The lowest BCUT2D eigenvalue weighted by Gasteiger charge is -2.25. The molecule has 0 radical (unpaired) electrons. The molecule has 3 atom stereocenters. The van der Waals surface area contributed by atoms with Crippen LogP contribution in [0.2, 0.25) is 20.1 Å². The van der Waals surface area contributed by atoms with Gasteiger partial charge >= 0.3 is 12.7 Å². The first-order valence-electron chi connectivity index (χ1n) is 47.9. The van der Waals surface area contributed by atoms with Crippen molar-refractivity contribution in [3.63, 3.8) is 0 Å². The fraction of sp³-hybridized carbons (Fsp3) is 0.315. The summed E-state index contributed by atoms with van der Waals surface area (Å²) in [7, 11) is 0. The highest BCUT2D eigenvalue weighted by Gasteiger charge is 2.33. The number of alkyl halides is 6. The first-order chi connectivity index (χ1) is 69.4. The maximum atomic E-state index is 12.8. The Hall–Kier alpha value is -12.3. The SMILES string of the molecule is CC(=O)CC(NCC1CCCCC1)c1ccc2c(c1)nc(-c1ccc(N(CCO)CCO)cc1)n2Cc1ccc(OC(F)(F)F)cc1.CC(=O)CC(NCc1ccc(Cl)c(Cl)c1)c1ccc2c(c1)nc(-c1ccc(N(CCO)CCO)cc1)n2Cc1ccc(Cl)c(Cl)c1.CC(=O)CC(NCc1cccc2ccccc12)c1ccc2c(c1)nc(-c1ccc(N(CCO)CCO)cc1)n2Cc1ccc(OC(F)(F)F)cc1. The summed E-state index contributed by atoms with van der Waals surface area (Å²) in [4.78, 5) is 57.9. The van der Waals surface area contributed by atoms with Gasteiger partial charge < -0.3 is 84.5 Å². The first-order valence-corrected chi connectivity index (χ1v) is 49.4. The molecule has 1 fully saturated rings. The summed E-state index contributed by atoms with van der Waals surface area (Å²) in [6, 6.07) is 77.7.